The van der Waals surface area contributed by atoms with Crippen molar-refractivity contribution in [1.82, 2.24) is 0 Å². The van der Waals surface area contributed by atoms with E-state index in [1.807, 2.05) is 0 Å². The second-order valence-electron chi connectivity index (χ2n) is 5.62. The number of rotatable bonds is 1. The van der Waals surface area contributed by atoms with Crippen LogP contribution in [0.5, 0.6) is 0 Å². The predicted molar refractivity (Wildman–Crippen MR) is 60.1 cm³/mol. The number of aldehydes is 1. The van der Waals surface area contributed by atoms with Crippen molar-refractivity contribution in [3.63, 3.8) is 0 Å². The minimum absolute atomic E-state index is 0.418. The summed E-state index contributed by atoms with van der Waals surface area (Å²) in [6, 6.07) is 0. The summed E-state index contributed by atoms with van der Waals surface area (Å²) in [5, 5.41) is 0. The van der Waals surface area contributed by atoms with Crippen molar-refractivity contribution in [2.24, 2.45) is 17.3 Å². The van der Waals surface area contributed by atoms with Crippen LogP contribution in [0.4, 0.5) is 0 Å². The molecule has 0 bridgehead atoms. The van der Waals surface area contributed by atoms with Gasteiger partial charge in [-0.3, -0.25) is 4.79 Å². The van der Waals surface area contributed by atoms with Gasteiger partial charge >= 0.3 is 0 Å². The first-order chi connectivity index (χ1) is 6.45. The standard InChI is InChI=1S/C13H22O/c1-10-9-12(13(2,3)4)6-5-11(10)7-8-14/h7-8,10,12H,5-6,9H2,1-4H3/b11-7+/t10-,12+/m0/s1. The van der Waals surface area contributed by atoms with Crippen molar-refractivity contribution < 1.29 is 4.79 Å². The smallest absolute Gasteiger partial charge is 0.142 e. The molecule has 1 rings (SSSR count). The molecular formula is C13H22O. The number of hydrogen-bond donors (Lipinski definition) is 0. The SMILES string of the molecule is C[C@H]1C[C@H](C(C)(C)C)CC/C1=C\C=O. The molecule has 80 valence electrons. The van der Waals surface area contributed by atoms with Crippen LogP contribution >= 0.6 is 0 Å². The molecule has 1 heteroatoms. The summed E-state index contributed by atoms with van der Waals surface area (Å²) in [4.78, 5) is 10.4. The zero-order chi connectivity index (χ0) is 10.8. The van der Waals surface area contributed by atoms with E-state index in [9.17, 15) is 4.79 Å². The van der Waals surface area contributed by atoms with Crippen LogP contribution in [0.15, 0.2) is 11.6 Å². The summed E-state index contributed by atoms with van der Waals surface area (Å²) in [6.45, 7) is 9.20. The highest BCUT2D eigenvalue weighted by molar-refractivity contribution is 5.66. The van der Waals surface area contributed by atoms with E-state index in [0.717, 1.165) is 18.6 Å². The van der Waals surface area contributed by atoms with Gasteiger partial charge in [0, 0.05) is 0 Å². The minimum Gasteiger partial charge on any atom is -0.299 e. The molecule has 0 radical (unpaired) electrons. The number of carbonyl (C=O) groups is 1. The van der Waals surface area contributed by atoms with Gasteiger partial charge in [0.15, 0.2) is 0 Å². The van der Waals surface area contributed by atoms with Crippen LogP contribution in [0.25, 0.3) is 0 Å². The largest absolute Gasteiger partial charge is 0.299 e. The zero-order valence-corrected chi connectivity index (χ0v) is 9.84. The summed E-state index contributed by atoms with van der Waals surface area (Å²) in [7, 11) is 0. The van der Waals surface area contributed by atoms with E-state index in [2.05, 4.69) is 27.7 Å². The quantitative estimate of drug-likeness (QED) is 0.460. The van der Waals surface area contributed by atoms with Crippen molar-refractivity contribution in [2.75, 3.05) is 0 Å². The number of allylic oxidation sites excluding steroid dienone is 2. The predicted octanol–water partition coefficient (Wildman–Crippen LogP) is 3.59. The highest BCUT2D eigenvalue weighted by Gasteiger charge is 2.30. The fraction of sp³-hybridized carbons (Fsp3) is 0.769. The fourth-order valence-electron chi connectivity index (χ4n) is 2.40. The Morgan fingerprint density at radius 1 is 1.36 bits per heavy atom. The molecule has 2 atom stereocenters. The van der Waals surface area contributed by atoms with Crippen LogP contribution in [0, 0.1) is 17.3 Å². The molecule has 0 saturated heterocycles. The second-order valence-corrected chi connectivity index (χ2v) is 5.62. The first kappa shape index (κ1) is 11.5. The molecule has 0 aliphatic heterocycles. The Morgan fingerprint density at radius 2 is 2.00 bits per heavy atom. The van der Waals surface area contributed by atoms with Gasteiger partial charge in [-0.05, 0) is 42.6 Å². The molecule has 14 heavy (non-hydrogen) atoms. The highest BCUT2D eigenvalue weighted by Crippen LogP contribution is 2.42. The van der Waals surface area contributed by atoms with Gasteiger partial charge in [0.05, 0.1) is 0 Å². The minimum atomic E-state index is 0.418. The Morgan fingerprint density at radius 3 is 2.43 bits per heavy atom. The lowest BCUT2D eigenvalue weighted by molar-refractivity contribution is -0.104. The van der Waals surface area contributed by atoms with Crippen molar-refractivity contribution in [1.29, 1.82) is 0 Å². The van der Waals surface area contributed by atoms with Gasteiger partial charge in [0.25, 0.3) is 0 Å². The third-order valence-electron chi connectivity index (χ3n) is 3.56. The van der Waals surface area contributed by atoms with E-state index in [0.29, 0.717) is 11.3 Å². The first-order valence-electron chi connectivity index (χ1n) is 5.59. The van der Waals surface area contributed by atoms with E-state index in [1.54, 1.807) is 6.08 Å². The van der Waals surface area contributed by atoms with Gasteiger partial charge in [0.2, 0.25) is 0 Å². The van der Waals surface area contributed by atoms with Gasteiger partial charge in [0.1, 0.15) is 6.29 Å². The maximum atomic E-state index is 10.4. The molecule has 1 aliphatic rings. The average Bonchev–Trinajstić information content (AvgIpc) is 2.07. The number of hydrogen-bond acceptors (Lipinski definition) is 1. The fourth-order valence-corrected chi connectivity index (χ4v) is 2.40. The molecule has 0 spiro atoms. The van der Waals surface area contributed by atoms with Gasteiger partial charge in [-0.2, -0.15) is 0 Å². The van der Waals surface area contributed by atoms with E-state index < -0.39 is 0 Å². The van der Waals surface area contributed by atoms with Crippen molar-refractivity contribution in [2.45, 2.75) is 47.0 Å². The van der Waals surface area contributed by atoms with E-state index in [1.165, 1.54) is 18.4 Å². The summed E-state index contributed by atoms with van der Waals surface area (Å²) in [5.74, 6) is 1.40. The molecule has 0 heterocycles. The van der Waals surface area contributed by atoms with Crippen LogP contribution in [0.3, 0.4) is 0 Å². The topological polar surface area (TPSA) is 17.1 Å². The summed E-state index contributed by atoms with van der Waals surface area (Å²) >= 11 is 0. The molecule has 0 N–H and O–H groups in total. The van der Waals surface area contributed by atoms with Gasteiger partial charge in [-0.15, -0.1) is 0 Å². The zero-order valence-electron chi connectivity index (χ0n) is 9.84. The molecule has 0 unspecified atom stereocenters. The van der Waals surface area contributed by atoms with E-state index in [-0.39, 0.29) is 0 Å². The molecule has 1 aliphatic carbocycles. The Bertz CT molecular complexity index is 232. The van der Waals surface area contributed by atoms with Crippen molar-refractivity contribution >= 4 is 6.29 Å². The van der Waals surface area contributed by atoms with Crippen LogP contribution in [0.1, 0.15) is 47.0 Å². The molecule has 0 amide bonds. The summed E-state index contributed by atoms with van der Waals surface area (Å²) < 4.78 is 0. The Balaban J connectivity index is 2.64. The van der Waals surface area contributed by atoms with E-state index in [4.69, 9.17) is 0 Å². The monoisotopic (exact) mass is 194 g/mol. The first-order valence-corrected chi connectivity index (χ1v) is 5.59. The molecular weight excluding hydrogens is 172 g/mol. The average molecular weight is 194 g/mol. The van der Waals surface area contributed by atoms with Crippen LogP contribution < -0.4 is 0 Å². The lowest BCUT2D eigenvalue weighted by Crippen LogP contribution is -2.27. The van der Waals surface area contributed by atoms with Crippen LogP contribution in [-0.2, 0) is 4.79 Å². The van der Waals surface area contributed by atoms with Gasteiger partial charge in [-0.25, -0.2) is 0 Å². The van der Waals surface area contributed by atoms with Crippen LogP contribution in [0.2, 0.25) is 0 Å². The molecule has 1 fully saturated rings. The van der Waals surface area contributed by atoms with E-state index >= 15 is 0 Å². The number of carbonyl (C=O) groups excluding carboxylic acids is 1. The Hall–Kier alpha value is -0.590. The van der Waals surface area contributed by atoms with Crippen molar-refractivity contribution in [3.8, 4) is 0 Å². The molecule has 1 nitrogen and oxygen atoms in total. The molecule has 0 aromatic heterocycles. The normalized spacial score (nSPS) is 31.9. The Labute approximate surface area is 87.6 Å². The molecule has 0 aromatic rings. The van der Waals surface area contributed by atoms with Gasteiger partial charge < -0.3 is 0 Å². The second kappa shape index (κ2) is 4.29. The lowest BCUT2D eigenvalue weighted by atomic mass is 9.68. The Kier molecular flexibility index (Phi) is 3.52. The highest BCUT2D eigenvalue weighted by atomic mass is 16.1. The van der Waals surface area contributed by atoms with Gasteiger partial charge in [-0.1, -0.05) is 33.3 Å². The molecule has 1 saturated carbocycles. The third kappa shape index (κ3) is 2.70. The molecule has 0 aromatic carbocycles. The lowest BCUT2D eigenvalue weighted by Gasteiger charge is -2.37. The maximum Gasteiger partial charge on any atom is 0.142 e. The summed E-state index contributed by atoms with van der Waals surface area (Å²) in [6.07, 6.45) is 6.30. The maximum absolute atomic E-state index is 10.4. The van der Waals surface area contributed by atoms with Crippen molar-refractivity contribution in [3.05, 3.63) is 11.6 Å². The summed E-state index contributed by atoms with van der Waals surface area (Å²) in [5.41, 5.74) is 1.77. The van der Waals surface area contributed by atoms with Crippen LogP contribution in [-0.4, -0.2) is 6.29 Å². The third-order valence-corrected chi connectivity index (χ3v) is 3.56.